The normalized spacial score (nSPS) is 10.9. The Bertz CT molecular complexity index is 1190. The van der Waals surface area contributed by atoms with Gasteiger partial charge in [0, 0.05) is 9.86 Å². The van der Waals surface area contributed by atoms with E-state index in [2.05, 4.69) is 15.9 Å². The molecule has 2 aromatic carbocycles. The number of carbonyl (C=O) groups is 1. The summed E-state index contributed by atoms with van der Waals surface area (Å²) in [7, 11) is 0. The number of hydrogen-bond donors (Lipinski definition) is 0. The van der Waals surface area contributed by atoms with Crippen LogP contribution in [0.3, 0.4) is 0 Å². The van der Waals surface area contributed by atoms with Gasteiger partial charge in [0.1, 0.15) is 16.2 Å². The zero-order valence-electron chi connectivity index (χ0n) is 14.2. The van der Waals surface area contributed by atoms with Gasteiger partial charge in [-0.25, -0.2) is 9.59 Å². The average molecular weight is 441 g/mol. The number of aryl methyl sites for hydroxylation is 1. The Balaban J connectivity index is 1.79. The molecule has 0 bridgehead atoms. The standard InChI is InChI=1S/C21H13BrO4S/c1-12-16-11-15(25-20(23)18-3-2-10-27-18)8-9-17(16)26-21(24)19(12)13-4-6-14(22)7-5-13/h2-11H,1H3. The highest BCUT2D eigenvalue weighted by atomic mass is 79.9. The summed E-state index contributed by atoms with van der Waals surface area (Å²) in [5.41, 5.74) is 2.10. The second-order valence-corrected chi connectivity index (χ2v) is 7.78. The van der Waals surface area contributed by atoms with Crippen LogP contribution in [0.1, 0.15) is 15.2 Å². The lowest BCUT2D eigenvalue weighted by Crippen LogP contribution is -2.08. The molecule has 0 spiro atoms. The number of thiophene rings is 1. The van der Waals surface area contributed by atoms with Gasteiger partial charge in [-0.2, -0.15) is 0 Å². The van der Waals surface area contributed by atoms with Gasteiger partial charge in [-0.1, -0.05) is 34.1 Å². The Hall–Kier alpha value is -2.70. The van der Waals surface area contributed by atoms with Crippen LogP contribution in [-0.4, -0.2) is 5.97 Å². The number of hydrogen-bond acceptors (Lipinski definition) is 5. The lowest BCUT2D eigenvalue weighted by Gasteiger charge is -2.10. The molecule has 0 radical (unpaired) electrons. The summed E-state index contributed by atoms with van der Waals surface area (Å²) in [4.78, 5) is 25.2. The monoisotopic (exact) mass is 440 g/mol. The Kier molecular flexibility index (Phi) is 4.68. The molecule has 0 fully saturated rings. The zero-order chi connectivity index (χ0) is 19.0. The van der Waals surface area contributed by atoms with E-state index >= 15 is 0 Å². The predicted molar refractivity (Wildman–Crippen MR) is 110 cm³/mol. The van der Waals surface area contributed by atoms with Crippen LogP contribution < -0.4 is 10.4 Å². The molecule has 0 aliphatic rings. The number of carbonyl (C=O) groups excluding carboxylic acids is 1. The molecule has 0 atom stereocenters. The summed E-state index contributed by atoms with van der Waals surface area (Å²) in [6.07, 6.45) is 0. The van der Waals surface area contributed by atoms with E-state index in [0.29, 0.717) is 21.8 Å². The first-order valence-corrected chi connectivity index (χ1v) is 9.79. The third-order valence-corrected chi connectivity index (χ3v) is 5.58. The van der Waals surface area contributed by atoms with Crippen LogP contribution in [0, 0.1) is 6.92 Å². The molecule has 4 nitrogen and oxygen atoms in total. The Morgan fingerprint density at radius 2 is 1.89 bits per heavy atom. The quantitative estimate of drug-likeness (QED) is 0.229. The Labute approximate surface area is 167 Å². The van der Waals surface area contributed by atoms with E-state index in [1.807, 2.05) is 36.6 Å². The smallest absolute Gasteiger partial charge is 0.353 e. The van der Waals surface area contributed by atoms with Gasteiger partial charge in [-0.15, -0.1) is 11.3 Å². The van der Waals surface area contributed by atoms with Gasteiger partial charge in [0.25, 0.3) is 0 Å². The van der Waals surface area contributed by atoms with Crippen molar-refractivity contribution in [1.29, 1.82) is 0 Å². The third kappa shape index (κ3) is 3.46. The molecule has 0 amide bonds. The van der Waals surface area contributed by atoms with Gasteiger partial charge in [-0.3, -0.25) is 0 Å². The highest BCUT2D eigenvalue weighted by molar-refractivity contribution is 9.10. The Morgan fingerprint density at radius 1 is 1.11 bits per heavy atom. The third-order valence-electron chi connectivity index (χ3n) is 4.20. The summed E-state index contributed by atoms with van der Waals surface area (Å²) in [6.45, 7) is 1.86. The number of benzene rings is 2. The van der Waals surface area contributed by atoms with E-state index in [1.54, 1.807) is 30.3 Å². The van der Waals surface area contributed by atoms with Crippen LogP contribution >= 0.6 is 27.3 Å². The maximum absolute atomic E-state index is 12.5. The fraction of sp³-hybridized carbons (Fsp3) is 0.0476. The summed E-state index contributed by atoms with van der Waals surface area (Å²) in [6, 6.07) is 16.0. The molecular weight excluding hydrogens is 428 g/mol. The van der Waals surface area contributed by atoms with Gasteiger partial charge >= 0.3 is 11.6 Å². The van der Waals surface area contributed by atoms with Gasteiger partial charge in [0.2, 0.25) is 0 Å². The van der Waals surface area contributed by atoms with E-state index < -0.39 is 11.6 Å². The molecule has 6 heteroatoms. The van der Waals surface area contributed by atoms with E-state index in [-0.39, 0.29) is 0 Å². The maximum atomic E-state index is 12.5. The fourth-order valence-corrected chi connectivity index (χ4v) is 3.76. The first-order valence-electron chi connectivity index (χ1n) is 8.12. The molecule has 4 rings (SSSR count). The molecule has 0 N–H and O–H groups in total. The molecule has 0 aliphatic heterocycles. The van der Waals surface area contributed by atoms with Crippen LogP contribution in [0.4, 0.5) is 0 Å². The SMILES string of the molecule is Cc1c(-c2ccc(Br)cc2)c(=O)oc2ccc(OC(=O)c3cccs3)cc12. The highest BCUT2D eigenvalue weighted by Gasteiger charge is 2.15. The lowest BCUT2D eigenvalue weighted by molar-refractivity contribution is 0.0740. The summed E-state index contributed by atoms with van der Waals surface area (Å²) >= 11 is 4.72. The largest absolute Gasteiger partial charge is 0.422 e. The second kappa shape index (κ2) is 7.13. The summed E-state index contributed by atoms with van der Waals surface area (Å²) in [5, 5.41) is 2.55. The van der Waals surface area contributed by atoms with Crippen LogP contribution in [0.2, 0.25) is 0 Å². The van der Waals surface area contributed by atoms with Crippen molar-refractivity contribution >= 4 is 44.2 Å². The number of esters is 1. The van der Waals surface area contributed by atoms with Crippen molar-refractivity contribution in [1.82, 2.24) is 0 Å². The fourth-order valence-electron chi connectivity index (χ4n) is 2.90. The zero-order valence-corrected chi connectivity index (χ0v) is 16.6. The molecule has 0 saturated carbocycles. The Morgan fingerprint density at radius 3 is 2.59 bits per heavy atom. The molecule has 2 aromatic heterocycles. The number of fused-ring (bicyclic) bond motifs is 1. The van der Waals surface area contributed by atoms with Gasteiger partial charge < -0.3 is 9.15 Å². The van der Waals surface area contributed by atoms with Crippen molar-refractivity contribution in [3.05, 3.63) is 85.3 Å². The minimum Gasteiger partial charge on any atom is -0.422 e. The summed E-state index contributed by atoms with van der Waals surface area (Å²) < 4.78 is 11.9. The molecule has 134 valence electrons. The van der Waals surface area contributed by atoms with Gasteiger partial charge in [0.05, 0.1) is 5.56 Å². The molecule has 0 saturated heterocycles. The van der Waals surface area contributed by atoms with E-state index in [4.69, 9.17) is 9.15 Å². The molecule has 0 aliphatic carbocycles. The topological polar surface area (TPSA) is 56.5 Å². The van der Waals surface area contributed by atoms with Crippen molar-refractivity contribution in [3.8, 4) is 16.9 Å². The summed E-state index contributed by atoms with van der Waals surface area (Å²) in [5.74, 6) is -0.00729. The number of halogens is 1. The molecule has 27 heavy (non-hydrogen) atoms. The average Bonchev–Trinajstić information content (AvgIpc) is 3.19. The first-order chi connectivity index (χ1) is 13.0. The highest BCUT2D eigenvalue weighted by Crippen LogP contribution is 2.30. The minimum atomic E-state index is -0.410. The van der Waals surface area contributed by atoms with Crippen molar-refractivity contribution in [2.75, 3.05) is 0 Å². The van der Waals surface area contributed by atoms with Crippen LogP contribution in [0.15, 0.2) is 73.7 Å². The van der Waals surface area contributed by atoms with Crippen molar-refractivity contribution in [2.45, 2.75) is 6.92 Å². The van der Waals surface area contributed by atoms with Crippen molar-refractivity contribution < 1.29 is 13.9 Å². The van der Waals surface area contributed by atoms with Crippen LogP contribution in [0.5, 0.6) is 5.75 Å². The maximum Gasteiger partial charge on any atom is 0.353 e. The van der Waals surface area contributed by atoms with Gasteiger partial charge in [-0.05, 0) is 59.8 Å². The number of ether oxygens (including phenoxy) is 1. The second-order valence-electron chi connectivity index (χ2n) is 5.92. The van der Waals surface area contributed by atoms with E-state index in [0.717, 1.165) is 21.0 Å². The minimum absolute atomic E-state index is 0.398. The van der Waals surface area contributed by atoms with Gasteiger partial charge in [0.15, 0.2) is 0 Å². The van der Waals surface area contributed by atoms with E-state index in [1.165, 1.54) is 11.3 Å². The van der Waals surface area contributed by atoms with Crippen molar-refractivity contribution in [3.63, 3.8) is 0 Å². The predicted octanol–water partition coefficient (Wildman–Crippen LogP) is 5.81. The molecule has 0 unspecified atom stereocenters. The van der Waals surface area contributed by atoms with Crippen molar-refractivity contribution in [2.24, 2.45) is 0 Å². The molecule has 4 aromatic rings. The first kappa shape index (κ1) is 17.7. The molecular formula is C21H13BrO4S. The van der Waals surface area contributed by atoms with Crippen LogP contribution in [0.25, 0.3) is 22.1 Å². The lowest BCUT2D eigenvalue weighted by atomic mass is 9.99. The number of rotatable bonds is 3. The van der Waals surface area contributed by atoms with Crippen LogP contribution in [-0.2, 0) is 0 Å². The molecule has 2 heterocycles. The van der Waals surface area contributed by atoms with E-state index in [9.17, 15) is 9.59 Å².